The normalized spacial score (nSPS) is 16.1. The molecule has 0 spiro atoms. The predicted molar refractivity (Wildman–Crippen MR) is 128 cm³/mol. The van der Waals surface area contributed by atoms with E-state index < -0.39 is 5.97 Å². The van der Waals surface area contributed by atoms with E-state index in [4.69, 9.17) is 10.1 Å². The molecule has 0 saturated carbocycles. The monoisotopic (exact) mass is 459 g/mol. The van der Waals surface area contributed by atoms with Gasteiger partial charge in [-0.15, -0.1) is 0 Å². The molecule has 5 rings (SSSR count). The van der Waals surface area contributed by atoms with Crippen LogP contribution in [0.5, 0.6) is 0 Å². The molecule has 2 aromatic carbocycles. The third kappa shape index (κ3) is 4.69. The maximum Gasteiger partial charge on any atom is 0.309 e. The van der Waals surface area contributed by atoms with Crippen LogP contribution in [0.2, 0.25) is 0 Å². The number of carbonyl (C=O) groups is 1. The van der Waals surface area contributed by atoms with Crippen LogP contribution in [0.3, 0.4) is 0 Å². The van der Waals surface area contributed by atoms with E-state index in [1.165, 1.54) is 12.1 Å². The Balaban J connectivity index is 1.51. The zero-order valence-corrected chi connectivity index (χ0v) is 18.9. The standard InChI is InChI=1S/C26H26FN5O2/c1-31-8-10-32(11-9-31)26(17-2-5-20(27)6-3-17)24-16-28-15-23(30-24)18-4-7-22-19(12-18)13-21(29-22)14-25(33)34/h2-7,12-13,15-16,26,29H,8-11,14H2,1H3,(H,33,34). The molecular weight excluding hydrogens is 433 g/mol. The van der Waals surface area contributed by atoms with Gasteiger partial charge in [0.05, 0.1) is 36.2 Å². The zero-order valence-electron chi connectivity index (χ0n) is 18.9. The Morgan fingerprint density at radius 2 is 1.85 bits per heavy atom. The second-order valence-electron chi connectivity index (χ2n) is 8.79. The highest BCUT2D eigenvalue weighted by Gasteiger charge is 2.27. The van der Waals surface area contributed by atoms with E-state index in [1.807, 2.05) is 36.4 Å². The number of rotatable bonds is 6. The van der Waals surface area contributed by atoms with Gasteiger partial charge in [0.2, 0.25) is 0 Å². The second kappa shape index (κ2) is 9.32. The Morgan fingerprint density at radius 3 is 2.59 bits per heavy atom. The maximum absolute atomic E-state index is 13.6. The number of nitrogens with zero attached hydrogens (tertiary/aromatic N) is 4. The lowest BCUT2D eigenvalue weighted by atomic mass is 10.0. The Kier molecular flexibility index (Phi) is 6.08. The largest absolute Gasteiger partial charge is 0.481 e. The van der Waals surface area contributed by atoms with Crippen molar-refractivity contribution in [3.8, 4) is 11.3 Å². The van der Waals surface area contributed by atoms with Gasteiger partial charge in [-0.05, 0) is 42.9 Å². The lowest BCUT2D eigenvalue weighted by Crippen LogP contribution is -2.46. The van der Waals surface area contributed by atoms with Crippen LogP contribution in [0.25, 0.3) is 22.2 Å². The van der Waals surface area contributed by atoms with E-state index in [0.717, 1.165) is 59.6 Å². The van der Waals surface area contributed by atoms with Gasteiger partial charge >= 0.3 is 5.97 Å². The molecule has 0 aliphatic carbocycles. The second-order valence-corrected chi connectivity index (χ2v) is 8.79. The molecule has 0 radical (unpaired) electrons. The molecule has 34 heavy (non-hydrogen) atoms. The Morgan fingerprint density at radius 1 is 1.09 bits per heavy atom. The van der Waals surface area contributed by atoms with Crippen molar-refractivity contribution in [2.45, 2.75) is 12.5 Å². The van der Waals surface area contributed by atoms with Crippen molar-refractivity contribution in [3.05, 3.63) is 83.7 Å². The van der Waals surface area contributed by atoms with Crippen molar-refractivity contribution in [2.24, 2.45) is 0 Å². The van der Waals surface area contributed by atoms with E-state index >= 15 is 0 Å². The molecule has 1 aliphatic rings. The van der Waals surface area contributed by atoms with E-state index in [-0.39, 0.29) is 18.3 Å². The number of aromatic amines is 1. The number of hydrogen-bond donors (Lipinski definition) is 2. The molecule has 1 fully saturated rings. The van der Waals surface area contributed by atoms with Crippen molar-refractivity contribution in [1.82, 2.24) is 24.8 Å². The van der Waals surface area contributed by atoms with Gasteiger partial charge in [0, 0.05) is 48.3 Å². The number of halogens is 1. The summed E-state index contributed by atoms with van der Waals surface area (Å²) in [6, 6.07) is 14.2. The number of carboxylic acid groups (broad SMARTS) is 1. The summed E-state index contributed by atoms with van der Waals surface area (Å²) in [4.78, 5) is 28.4. The summed E-state index contributed by atoms with van der Waals surface area (Å²) in [5.74, 6) is -1.14. The molecule has 2 aromatic heterocycles. The fourth-order valence-corrected chi connectivity index (χ4v) is 4.56. The SMILES string of the molecule is CN1CCN(C(c2ccc(F)cc2)c2cncc(-c3ccc4[nH]c(CC(=O)O)cc4c3)n2)CC1. The van der Waals surface area contributed by atoms with Crippen LogP contribution in [0.15, 0.2) is 60.9 Å². The van der Waals surface area contributed by atoms with Gasteiger partial charge in [0.25, 0.3) is 0 Å². The van der Waals surface area contributed by atoms with Crippen LogP contribution < -0.4 is 0 Å². The highest BCUT2D eigenvalue weighted by molar-refractivity contribution is 5.86. The summed E-state index contributed by atoms with van der Waals surface area (Å²) >= 11 is 0. The van der Waals surface area contributed by atoms with Crippen molar-refractivity contribution in [3.63, 3.8) is 0 Å². The number of fused-ring (bicyclic) bond motifs is 1. The highest BCUT2D eigenvalue weighted by atomic mass is 19.1. The first-order valence-corrected chi connectivity index (χ1v) is 11.3. The molecule has 0 bridgehead atoms. The number of carboxylic acids is 1. The quantitative estimate of drug-likeness (QED) is 0.457. The van der Waals surface area contributed by atoms with Crippen LogP contribution in [0, 0.1) is 5.82 Å². The summed E-state index contributed by atoms with van der Waals surface area (Å²) in [6.07, 6.45) is 3.47. The topological polar surface area (TPSA) is 85.3 Å². The third-order valence-electron chi connectivity index (χ3n) is 6.34. The predicted octanol–water partition coefficient (Wildman–Crippen LogP) is 3.73. The summed E-state index contributed by atoms with van der Waals surface area (Å²) < 4.78 is 13.6. The highest BCUT2D eigenvalue weighted by Crippen LogP contribution is 2.30. The summed E-state index contributed by atoms with van der Waals surface area (Å²) in [5, 5.41) is 10.00. The molecule has 1 aliphatic heterocycles. The Labute approximate surface area is 196 Å². The van der Waals surface area contributed by atoms with Gasteiger partial charge in [0.1, 0.15) is 5.82 Å². The first-order chi connectivity index (χ1) is 16.5. The van der Waals surface area contributed by atoms with Crippen molar-refractivity contribution in [2.75, 3.05) is 33.2 Å². The molecule has 3 heterocycles. The van der Waals surface area contributed by atoms with Gasteiger partial charge in [0.15, 0.2) is 0 Å². The number of aromatic nitrogens is 3. The van der Waals surface area contributed by atoms with E-state index in [0.29, 0.717) is 5.69 Å². The van der Waals surface area contributed by atoms with Crippen LogP contribution in [0.4, 0.5) is 4.39 Å². The fraction of sp³-hybridized carbons (Fsp3) is 0.269. The first kappa shape index (κ1) is 22.2. The molecule has 2 N–H and O–H groups in total. The summed E-state index contributed by atoms with van der Waals surface area (Å²) in [6.45, 7) is 3.67. The molecule has 0 amide bonds. The fourth-order valence-electron chi connectivity index (χ4n) is 4.56. The number of benzene rings is 2. The van der Waals surface area contributed by atoms with Gasteiger partial charge < -0.3 is 15.0 Å². The van der Waals surface area contributed by atoms with Crippen LogP contribution in [-0.2, 0) is 11.2 Å². The average molecular weight is 460 g/mol. The lowest BCUT2D eigenvalue weighted by molar-refractivity contribution is -0.136. The van der Waals surface area contributed by atoms with E-state index in [1.54, 1.807) is 12.4 Å². The van der Waals surface area contributed by atoms with Crippen LogP contribution in [-0.4, -0.2) is 69.1 Å². The van der Waals surface area contributed by atoms with Gasteiger partial charge in [-0.1, -0.05) is 18.2 Å². The molecule has 1 atom stereocenters. The Bertz CT molecular complexity index is 1310. The smallest absolute Gasteiger partial charge is 0.309 e. The number of nitrogens with one attached hydrogen (secondary N) is 1. The first-order valence-electron chi connectivity index (χ1n) is 11.3. The van der Waals surface area contributed by atoms with Gasteiger partial charge in [-0.25, -0.2) is 9.37 Å². The minimum absolute atomic E-state index is 0.0519. The minimum atomic E-state index is -0.874. The van der Waals surface area contributed by atoms with E-state index in [9.17, 15) is 9.18 Å². The molecule has 7 nitrogen and oxygen atoms in total. The average Bonchev–Trinajstić information content (AvgIpc) is 3.23. The Hall–Kier alpha value is -3.62. The maximum atomic E-state index is 13.6. The lowest BCUT2D eigenvalue weighted by Gasteiger charge is -2.38. The zero-order chi connectivity index (χ0) is 23.7. The molecule has 174 valence electrons. The van der Waals surface area contributed by atoms with Gasteiger partial charge in [-0.2, -0.15) is 0 Å². The number of likely N-dealkylation sites (N-methyl/N-ethyl adjacent to an activating group) is 1. The van der Waals surface area contributed by atoms with Crippen molar-refractivity contribution >= 4 is 16.9 Å². The summed E-state index contributed by atoms with van der Waals surface area (Å²) in [5.41, 5.74) is 4.98. The number of piperazine rings is 1. The number of hydrogen-bond acceptors (Lipinski definition) is 5. The van der Waals surface area contributed by atoms with Gasteiger partial charge in [-0.3, -0.25) is 14.7 Å². The molecule has 1 unspecified atom stereocenters. The third-order valence-corrected chi connectivity index (χ3v) is 6.34. The summed E-state index contributed by atoms with van der Waals surface area (Å²) in [7, 11) is 2.11. The molecule has 1 saturated heterocycles. The molecule has 8 heteroatoms. The molecular formula is C26H26FN5O2. The van der Waals surface area contributed by atoms with Crippen LogP contribution in [0.1, 0.15) is 23.0 Å². The molecule has 4 aromatic rings. The number of aliphatic carboxylic acids is 1. The van der Waals surface area contributed by atoms with Crippen LogP contribution >= 0.6 is 0 Å². The number of H-pyrrole nitrogens is 1. The minimum Gasteiger partial charge on any atom is -0.481 e. The van der Waals surface area contributed by atoms with Crippen molar-refractivity contribution in [1.29, 1.82) is 0 Å². The van der Waals surface area contributed by atoms with Crippen molar-refractivity contribution < 1.29 is 14.3 Å². The van der Waals surface area contributed by atoms with E-state index in [2.05, 4.69) is 26.8 Å².